The Balaban J connectivity index is 0.000000671. The Hall–Kier alpha value is -1.35. The monoisotopic (exact) mass is 181 g/mol. The lowest BCUT2D eigenvalue weighted by atomic mass is 10.2. The highest BCUT2D eigenvalue weighted by atomic mass is 16.3. The van der Waals surface area contributed by atoms with E-state index in [1.807, 2.05) is 33.0 Å². The molecule has 0 aliphatic carbocycles. The number of phenols is 1. The van der Waals surface area contributed by atoms with Gasteiger partial charge < -0.3 is 14.8 Å². The fourth-order valence-corrected chi connectivity index (χ4v) is 1.02. The molecule has 1 aromatic rings. The molecule has 0 fully saturated rings. The van der Waals surface area contributed by atoms with E-state index in [0.29, 0.717) is 5.75 Å². The van der Waals surface area contributed by atoms with E-state index in [9.17, 15) is 0 Å². The van der Waals surface area contributed by atoms with Gasteiger partial charge in [0.05, 0.1) is 0 Å². The standard InChI is InChI=1S/C9H13NO.CH2O/c1-10(2)7-8-4-3-5-9(11)6-8;1-2/h3-6,11H,7H2,1-2H3;1H2. The Morgan fingerprint density at radius 2 is 2.00 bits per heavy atom. The lowest BCUT2D eigenvalue weighted by molar-refractivity contribution is -0.0979. The van der Waals surface area contributed by atoms with Crippen molar-refractivity contribution in [3.05, 3.63) is 29.8 Å². The molecule has 1 N–H and O–H groups in total. The highest BCUT2D eigenvalue weighted by Gasteiger charge is 1.94. The SMILES string of the molecule is C=O.CN(C)Cc1cccc(O)c1. The molecule has 0 radical (unpaired) electrons. The number of carbonyl (C=O) groups is 1. The van der Waals surface area contributed by atoms with Gasteiger partial charge >= 0.3 is 0 Å². The van der Waals surface area contributed by atoms with Crippen molar-refractivity contribution in [2.24, 2.45) is 0 Å². The average molecular weight is 181 g/mol. The van der Waals surface area contributed by atoms with Crippen LogP contribution in [0.5, 0.6) is 5.75 Å². The fraction of sp³-hybridized carbons (Fsp3) is 0.300. The average Bonchev–Trinajstić information content (AvgIpc) is 2.06. The summed E-state index contributed by atoms with van der Waals surface area (Å²) in [5, 5.41) is 9.11. The molecule has 3 heteroatoms. The molecule has 1 aromatic carbocycles. The predicted octanol–water partition coefficient (Wildman–Crippen LogP) is 1.27. The zero-order valence-corrected chi connectivity index (χ0v) is 8.03. The minimum atomic E-state index is 0.337. The van der Waals surface area contributed by atoms with Crippen LogP contribution in [0.1, 0.15) is 5.56 Å². The van der Waals surface area contributed by atoms with Crippen LogP contribution >= 0.6 is 0 Å². The maximum Gasteiger partial charge on any atom is 0.115 e. The Labute approximate surface area is 78.6 Å². The first-order valence-corrected chi connectivity index (χ1v) is 3.90. The molecular weight excluding hydrogens is 166 g/mol. The fourth-order valence-electron chi connectivity index (χ4n) is 1.02. The van der Waals surface area contributed by atoms with Gasteiger partial charge in [-0.25, -0.2) is 0 Å². The minimum absolute atomic E-state index is 0.337. The number of hydrogen-bond acceptors (Lipinski definition) is 3. The van der Waals surface area contributed by atoms with Gasteiger partial charge in [-0.05, 0) is 31.8 Å². The quantitative estimate of drug-likeness (QED) is 0.747. The van der Waals surface area contributed by atoms with Crippen LogP contribution in [0.25, 0.3) is 0 Å². The van der Waals surface area contributed by atoms with Gasteiger partial charge in [-0.15, -0.1) is 0 Å². The van der Waals surface area contributed by atoms with Crippen molar-refractivity contribution in [1.29, 1.82) is 0 Å². The second-order valence-corrected chi connectivity index (χ2v) is 2.91. The van der Waals surface area contributed by atoms with Gasteiger partial charge in [0.25, 0.3) is 0 Å². The number of carbonyl (C=O) groups excluding carboxylic acids is 1. The molecule has 0 spiro atoms. The van der Waals surface area contributed by atoms with E-state index in [4.69, 9.17) is 9.90 Å². The molecule has 1 rings (SSSR count). The molecule has 72 valence electrons. The molecule has 13 heavy (non-hydrogen) atoms. The van der Waals surface area contributed by atoms with Crippen LogP contribution in [0.2, 0.25) is 0 Å². The second-order valence-electron chi connectivity index (χ2n) is 2.91. The van der Waals surface area contributed by atoms with Crippen LogP contribution in [0, 0.1) is 0 Å². The first kappa shape index (κ1) is 11.6. The van der Waals surface area contributed by atoms with Crippen molar-refractivity contribution in [3.63, 3.8) is 0 Å². The van der Waals surface area contributed by atoms with Crippen LogP contribution in [-0.2, 0) is 11.3 Å². The summed E-state index contributed by atoms with van der Waals surface area (Å²) >= 11 is 0. The molecule has 0 unspecified atom stereocenters. The van der Waals surface area contributed by atoms with E-state index in [1.165, 1.54) is 0 Å². The summed E-state index contributed by atoms with van der Waals surface area (Å²) < 4.78 is 0. The Kier molecular flexibility index (Phi) is 5.55. The van der Waals surface area contributed by atoms with E-state index in [2.05, 4.69) is 4.90 Å². The topological polar surface area (TPSA) is 40.5 Å². The normalized spacial score (nSPS) is 9.15. The van der Waals surface area contributed by atoms with Crippen molar-refractivity contribution in [3.8, 4) is 5.75 Å². The summed E-state index contributed by atoms with van der Waals surface area (Å²) in [7, 11) is 4.01. The summed E-state index contributed by atoms with van der Waals surface area (Å²) in [6.07, 6.45) is 0. The van der Waals surface area contributed by atoms with Crippen molar-refractivity contribution in [2.75, 3.05) is 14.1 Å². The van der Waals surface area contributed by atoms with Gasteiger partial charge in [0, 0.05) is 6.54 Å². The predicted molar refractivity (Wildman–Crippen MR) is 52.6 cm³/mol. The van der Waals surface area contributed by atoms with Crippen LogP contribution < -0.4 is 0 Å². The van der Waals surface area contributed by atoms with Crippen LogP contribution in [0.15, 0.2) is 24.3 Å². The number of phenolic OH excluding ortho intramolecular Hbond substituents is 1. The molecule has 0 atom stereocenters. The summed E-state index contributed by atoms with van der Waals surface area (Å²) in [6, 6.07) is 7.31. The molecule has 0 aliphatic heterocycles. The number of benzene rings is 1. The molecule has 0 amide bonds. The Morgan fingerprint density at radius 1 is 1.38 bits per heavy atom. The van der Waals surface area contributed by atoms with Crippen LogP contribution in [0.4, 0.5) is 0 Å². The summed E-state index contributed by atoms with van der Waals surface area (Å²) in [6.45, 7) is 2.87. The molecule has 0 aromatic heterocycles. The van der Waals surface area contributed by atoms with Gasteiger partial charge in [0.2, 0.25) is 0 Å². The van der Waals surface area contributed by atoms with Gasteiger partial charge in [-0.3, -0.25) is 0 Å². The van der Waals surface area contributed by atoms with E-state index in [0.717, 1.165) is 12.1 Å². The van der Waals surface area contributed by atoms with Crippen LogP contribution in [-0.4, -0.2) is 30.9 Å². The number of aromatic hydroxyl groups is 1. The van der Waals surface area contributed by atoms with E-state index in [-0.39, 0.29) is 0 Å². The molecule has 3 nitrogen and oxygen atoms in total. The third kappa shape index (κ3) is 4.98. The van der Waals surface area contributed by atoms with Crippen molar-refractivity contribution < 1.29 is 9.90 Å². The minimum Gasteiger partial charge on any atom is -0.508 e. The molecular formula is C10H15NO2. The summed E-state index contributed by atoms with van der Waals surface area (Å²) in [4.78, 5) is 10.1. The molecule has 0 bridgehead atoms. The van der Waals surface area contributed by atoms with Crippen molar-refractivity contribution in [2.45, 2.75) is 6.54 Å². The lowest BCUT2D eigenvalue weighted by Gasteiger charge is -2.08. The highest BCUT2D eigenvalue weighted by Crippen LogP contribution is 2.11. The van der Waals surface area contributed by atoms with E-state index >= 15 is 0 Å². The molecule has 0 aliphatic rings. The zero-order chi connectivity index (χ0) is 10.3. The van der Waals surface area contributed by atoms with Gasteiger partial charge in [0.1, 0.15) is 12.5 Å². The Morgan fingerprint density at radius 3 is 2.46 bits per heavy atom. The largest absolute Gasteiger partial charge is 0.508 e. The third-order valence-electron chi connectivity index (χ3n) is 1.41. The van der Waals surface area contributed by atoms with Gasteiger partial charge in [-0.1, -0.05) is 12.1 Å². The highest BCUT2D eigenvalue weighted by molar-refractivity contribution is 5.26. The van der Waals surface area contributed by atoms with Crippen LogP contribution in [0.3, 0.4) is 0 Å². The lowest BCUT2D eigenvalue weighted by Crippen LogP contribution is -2.10. The van der Waals surface area contributed by atoms with E-state index < -0.39 is 0 Å². The summed E-state index contributed by atoms with van der Waals surface area (Å²) in [5.41, 5.74) is 1.13. The maximum absolute atomic E-state index is 9.11. The zero-order valence-electron chi connectivity index (χ0n) is 8.03. The summed E-state index contributed by atoms with van der Waals surface area (Å²) in [5.74, 6) is 0.337. The Bertz CT molecular complexity index is 248. The second kappa shape index (κ2) is 6.20. The molecule has 0 saturated heterocycles. The van der Waals surface area contributed by atoms with Gasteiger partial charge in [0.15, 0.2) is 0 Å². The first-order chi connectivity index (χ1) is 6.18. The van der Waals surface area contributed by atoms with Crippen molar-refractivity contribution in [1.82, 2.24) is 4.90 Å². The molecule has 0 saturated carbocycles. The van der Waals surface area contributed by atoms with Crippen molar-refractivity contribution >= 4 is 6.79 Å². The van der Waals surface area contributed by atoms with E-state index in [1.54, 1.807) is 12.1 Å². The third-order valence-corrected chi connectivity index (χ3v) is 1.41. The number of hydrogen-bond donors (Lipinski definition) is 1. The first-order valence-electron chi connectivity index (χ1n) is 3.90. The number of nitrogens with zero attached hydrogens (tertiary/aromatic N) is 1. The maximum atomic E-state index is 9.11. The number of rotatable bonds is 2. The molecule has 0 heterocycles. The smallest absolute Gasteiger partial charge is 0.115 e. The van der Waals surface area contributed by atoms with Gasteiger partial charge in [-0.2, -0.15) is 0 Å².